The van der Waals surface area contributed by atoms with Crippen molar-refractivity contribution >= 4 is 22.9 Å². The van der Waals surface area contributed by atoms with Crippen LogP contribution in [-0.4, -0.2) is 16.2 Å². The molecule has 0 N–H and O–H groups in total. The number of hydrogen-bond acceptors (Lipinski definition) is 1. The highest BCUT2D eigenvalue weighted by Gasteiger charge is 2.28. The molecule has 2 heteroatoms. The topological polar surface area (TPSA) is 3.24 Å². The summed E-state index contributed by atoms with van der Waals surface area (Å²) in [7, 11) is 0. The highest BCUT2D eigenvalue weighted by atomic mass is 127. The quantitative estimate of drug-likeness (QED) is 0.481. The van der Waals surface area contributed by atoms with E-state index in [1.165, 1.54) is 25.9 Å². The van der Waals surface area contributed by atoms with Crippen molar-refractivity contribution in [1.29, 1.82) is 0 Å². The predicted molar refractivity (Wildman–Crippen MR) is 57.8 cm³/mol. The van der Waals surface area contributed by atoms with Crippen LogP contribution in [0.5, 0.6) is 0 Å². The first kappa shape index (κ1) is 9.78. The Balaban J connectivity index is 2.46. The van der Waals surface area contributed by atoms with E-state index in [1.807, 2.05) is 0 Å². The van der Waals surface area contributed by atoms with E-state index < -0.39 is 0 Å². The molecule has 1 fully saturated rings. The molecule has 1 aliphatic rings. The first-order chi connectivity index (χ1) is 5.00. The maximum atomic E-state index is 2.45. The van der Waals surface area contributed by atoms with Gasteiger partial charge in [-0.2, -0.15) is 0 Å². The fraction of sp³-hybridized carbons (Fsp3) is 1.00. The van der Waals surface area contributed by atoms with E-state index in [0.29, 0.717) is 5.41 Å². The molecular formula is C9H18IN. The second-order valence-corrected chi connectivity index (χ2v) is 5.94. The zero-order valence-electron chi connectivity index (χ0n) is 7.73. The molecule has 1 aliphatic heterocycles. The van der Waals surface area contributed by atoms with Gasteiger partial charge >= 0.3 is 0 Å². The van der Waals surface area contributed by atoms with E-state index in [9.17, 15) is 0 Å². The Hall–Kier alpha value is 0.690. The highest BCUT2D eigenvalue weighted by molar-refractivity contribution is 14.1. The average molecular weight is 267 g/mol. The molecule has 1 rings (SSSR count). The van der Waals surface area contributed by atoms with Gasteiger partial charge in [-0.3, -0.25) is 0 Å². The fourth-order valence-electron chi connectivity index (χ4n) is 1.64. The minimum absolute atomic E-state index is 0.504. The molecule has 0 aromatic rings. The lowest BCUT2D eigenvalue weighted by Gasteiger charge is -2.37. The van der Waals surface area contributed by atoms with Gasteiger partial charge in [0.2, 0.25) is 0 Å². The third-order valence-corrected chi connectivity index (χ3v) is 3.47. The van der Waals surface area contributed by atoms with E-state index in [-0.39, 0.29) is 0 Å². The monoisotopic (exact) mass is 267 g/mol. The molecule has 0 aromatic heterocycles. The molecule has 0 amide bonds. The summed E-state index contributed by atoms with van der Waals surface area (Å²) in [5.74, 6) is 0.896. The Morgan fingerprint density at radius 2 is 2.00 bits per heavy atom. The van der Waals surface area contributed by atoms with Crippen LogP contribution in [0.2, 0.25) is 0 Å². The first-order valence-corrected chi connectivity index (χ1v) is 5.37. The van der Waals surface area contributed by atoms with Gasteiger partial charge in [0.25, 0.3) is 0 Å². The van der Waals surface area contributed by atoms with Crippen molar-refractivity contribution in [1.82, 2.24) is 3.11 Å². The van der Waals surface area contributed by atoms with Crippen molar-refractivity contribution < 1.29 is 0 Å². The Morgan fingerprint density at radius 1 is 1.36 bits per heavy atom. The van der Waals surface area contributed by atoms with Crippen LogP contribution in [0.3, 0.4) is 0 Å². The van der Waals surface area contributed by atoms with Crippen LogP contribution < -0.4 is 0 Å². The summed E-state index contributed by atoms with van der Waals surface area (Å²) >= 11 is 2.45. The molecule has 1 unspecified atom stereocenters. The van der Waals surface area contributed by atoms with Gasteiger partial charge in [0.05, 0.1) is 0 Å². The van der Waals surface area contributed by atoms with E-state index >= 15 is 0 Å². The lowest BCUT2D eigenvalue weighted by molar-refractivity contribution is 0.162. The van der Waals surface area contributed by atoms with Gasteiger partial charge in [-0.1, -0.05) is 20.8 Å². The van der Waals surface area contributed by atoms with E-state index in [4.69, 9.17) is 0 Å². The Labute approximate surface area is 84.0 Å². The summed E-state index contributed by atoms with van der Waals surface area (Å²) in [5.41, 5.74) is 0.504. The molecule has 0 radical (unpaired) electrons. The van der Waals surface area contributed by atoms with Crippen molar-refractivity contribution in [3.63, 3.8) is 0 Å². The summed E-state index contributed by atoms with van der Waals surface area (Å²) < 4.78 is 2.43. The summed E-state index contributed by atoms with van der Waals surface area (Å²) in [6.45, 7) is 9.63. The average Bonchev–Trinajstić information content (AvgIpc) is 1.86. The van der Waals surface area contributed by atoms with Crippen molar-refractivity contribution in [3.8, 4) is 0 Å². The molecule has 0 spiro atoms. The fourth-order valence-corrected chi connectivity index (χ4v) is 2.45. The summed E-state index contributed by atoms with van der Waals surface area (Å²) in [5, 5.41) is 0. The second kappa shape index (κ2) is 3.60. The number of nitrogens with zero attached hydrogens (tertiary/aromatic N) is 1. The predicted octanol–water partition coefficient (Wildman–Crippen LogP) is 3.09. The zero-order valence-corrected chi connectivity index (χ0v) is 9.89. The lowest BCUT2D eigenvalue weighted by Crippen LogP contribution is -2.35. The third kappa shape index (κ3) is 2.90. The maximum absolute atomic E-state index is 2.45. The molecule has 1 nitrogen and oxygen atoms in total. The van der Waals surface area contributed by atoms with Gasteiger partial charge in [0.15, 0.2) is 0 Å². The maximum Gasteiger partial charge on any atom is 0.0201 e. The molecule has 1 saturated heterocycles. The van der Waals surface area contributed by atoms with Gasteiger partial charge in [-0.15, -0.1) is 0 Å². The normalized spacial score (nSPS) is 28.9. The summed E-state index contributed by atoms with van der Waals surface area (Å²) in [6.07, 6.45) is 2.80. The summed E-state index contributed by atoms with van der Waals surface area (Å²) in [4.78, 5) is 0. The molecule has 0 bridgehead atoms. The van der Waals surface area contributed by atoms with E-state index in [2.05, 4.69) is 46.7 Å². The van der Waals surface area contributed by atoms with Crippen molar-refractivity contribution in [2.24, 2.45) is 11.3 Å². The molecule has 1 heterocycles. The standard InChI is InChI=1S/C9H18IN/c1-9(2,3)8-5-4-6-11(10)7-8/h8H,4-7H2,1-3H3. The Morgan fingerprint density at radius 3 is 2.36 bits per heavy atom. The molecule has 0 aliphatic carbocycles. The third-order valence-electron chi connectivity index (χ3n) is 2.60. The van der Waals surface area contributed by atoms with Crippen LogP contribution in [-0.2, 0) is 0 Å². The zero-order chi connectivity index (χ0) is 8.48. The van der Waals surface area contributed by atoms with Crippen molar-refractivity contribution in [3.05, 3.63) is 0 Å². The van der Waals surface area contributed by atoms with Crippen molar-refractivity contribution in [2.45, 2.75) is 33.6 Å². The van der Waals surface area contributed by atoms with Gasteiger partial charge in [-0.05, 0) is 24.2 Å². The lowest BCUT2D eigenvalue weighted by atomic mass is 9.77. The van der Waals surface area contributed by atoms with Crippen LogP contribution in [0.4, 0.5) is 0 Å². The molecular weight excluding hydrogens is 249 g/mol. The number of hydrogen-bond donors (Lipinski definition) is 0. The Kier molecular flexibility index (Phi) is 3.20. The molecule has 0 saturated carbocycles. The minimum atomic E-state index is 0.504. The highest BCUT2D eigenvalue weighted by Crippen LogP contribution is 2.33. The number of piperidine rings is 1. The van der Waals surface area contributed by atoms with Gasteiger partial charge in [0, 0.05) is 36.0 Å². The molecule has 66 valence electrons. The second-order valence-electron chi connectivity index (χ2n) is 4.57. The van der Waals surface area contributed by atoms with Gasteiger partial charge in [0.1, 0.15) is 0 Å². The van der Waals surface area contributed by atoms with E-state index in [1.54, 1.807) is 0 Å². The SMILES string of the molecule is CC(C)(C)C1CCCN(I)C1. The number of rotatable bonds is 0. The van der Waals surface area contributed by atoms with Gasteiger partial charge in [-0.25, -0.2) is 3.11 Å². The molecule has 1 atom stereocenters. The van der Waals surface area contributed by atoms with Crippen LogP contribution in [0.15, 0.2) is 0 Å². The minimum Gasteiger partial charge on any atom is -0.247 e. The van der Waals surface area contributed by atoms with Crippen LogP contribution in [0, 0.1) is 11.3 Å². The van der Waals surface area contributed by atoms with E-state index in [0.717, 1.165) is 5.92 Å². The van der Waals surface area contributed by atoms with Crippen LogP contribution in [0.1, 0.15) is 33.6 Å². The van der Waals surface area contributed by atoms with Gasteiger partial charge < -0.3 is 0 Å². The number of halogens is 1. The Bertz CT molecular complexity index is 128. The summed E-state index contributed by atoms with van der Waals surface area (Å²) in [6, 6.07) is 0. The van der Waals surface area contributed by atoms with Crippen LogP contribution in [0.25, 0.3) is 0 Å². The molecule has 11 heavy (non-hydrogen) atoms. The van der Waals surface area contributed by atoms with Crippen molar-refractivity contribution in [2.75, 3.05) is 13.1 Å². The first-order valence-electron chi connectivity index (χ1n) is 4.41. The largest absolute Gasteiger partial charge is 0.247 e. The molecule has 0 aromatic carbocycles. The van der Waals surface area contributed by atoms with Crippen LogP contribution >= 0.6 is 22.9 Å². The smallest absolute Gasteiger partial charge is 0.0201 e.